The lowest BCUT2D eigenvalue weighted by Gasteiger charge is -2.10. The van der Waals surface area contributed by atoms with Crippen molar-refractivity contribution in [1.29, 1.82) is 0 Å². The molecule has 0 aliphatic carbocycles. The Morgan fingerprint density at radius 3 is 2.79 bits per heavy atom. The second-order valence-corrected chi connectivity index (χ2v) is 5.01. The summed E-state index contributed by atoms with van der Waals surface area (Å²) in [5, 5.41) is 9.59. The average Bonchev–Trinajstić information content (AvgIpc) is 2.41. The molecule has 1 heterocycles. The lowest BCUT2D eigenvalue weighted by Crippen LogP contribution is -1.93. The first-order valence-corrected chi connectivity index (χ1v) is 6.51. The van der Waals surface area contributed by atoms with E-state index >= 15 is 0 Å². The molecule has 0 radical (unpaired) electrons. The number of halogens is 1. The summed E-state index contributed by atoms with van der Waals surface area (Å²) < 4.78 is 5.69. The molecule has 19 heavy (non-hydrogen) atoms. The molecule has 0 aliphatic rings. The molecule has 4 heteroatoms. The van der Waals surface area contributed by atoms with Gasteiger partial charge in [0.25, 0.3) is 0 Å². The molecule has 0 fully saturated rings. The third-order valence-corrected chi connectivity index (χ3v) is 3.17. The first-order valence-electron chi connectivity index (χ1n) is 6.13. The molecule has 2 rings (SSSR count). The smallest absolute Gasteiger partial charge is 0.219 e. The van der Waals surface area contributed by atoms with E-state index < -0.39 is 0 Å². The van der Waals surface area contributed by atoms with Crippen molar-refractivity contribution < 1.29 is 9.84 Å². The molecule has 2 aromatic rings. The zero-order valence-corrected chi connectivity index (χ0v) is 11.7. The summed E-state index contributed by atoms with van der Waals surface area (Å²) >= 11 is 5.89. The highest BCUT2D eigenvalue weighted by Gasteiger charge is 2.06. The minimum absolute atomic E-state index is 0.135. The van der Waals surface area contributed by atoms with Crippen molar-refractivity contribution in [1.82, 2.24) is 4.98 Å². The zero-order valence-electron chi connectivity index (χ0n) is 10.9. The summed E-state index contributed by atoms with van der Waals surface area (Å²) in [6, 6.07) is 9.52. The van der Waals surface area contributed by atoms with E-state index in [1.165, 1.54) is 11.8 Å². The molecular weight excluding hydrogens is 262 g/mol. The highest BCUT2D eigenvalue weighted by atomic mass is 35.5. The van der Waals surface area contributed by atoms with Gasteiger partial charge in [-0.1, -0.05) is 37.6 Å². The Labute approximate surface area is 117 Å². The highest BCUT2D eigenvalue weighted by molar-refractivity contribution is 6.31. The van der Waals surface area contributed by atoms with Crippen molar-refractivity contribution in [2.75, 3.05) is 0 Å². The van der Waals surface area contributed by atoms with Gasteiger partial charge in [-0.05, 0) is 23.6 Å². The van der Waals surface area contributed by atoms with E-state index in [1.807, 2.05) is 18.2 Å². The molecule has 3 nitrogen and oxygen atoms in total. The van der Waals surface area contributed by atoms with E-state index in [2.05, 4.69) is 24.9 Å². The Morgan fingerprint density at radius 2 is 2.11 bits per heavy atom. The van der Waals surface area contributed by atoms with Crippen LogP contribution in [0.5, 0.6) is 11.6 Å². The molecule has 100 valence electrons. The molecule has 0 saturated heterocycles. The van der Waals surface area contributed by atoms with Gasteiger partial charge in [-0.25, -0.2) is 4.98 Å². The van der Waals surface area contributed by atoms with E-state index in [0.717, 1.165) is 5.75 Å². The quantitative estimate of drug-likeness (QED) is 0.913. The molecule has 1 N–H and O–H groups in total. The van der Waals surface area contributed by atoms with Crippen molar-refractivity contribution in [3.8, 4) is 11.6 Å². The van der Waals surface area contributed by atoms with Crippen LogP contribution >= 0.6 is 11.6 Å². The van der Waals surface area contributed by atoms with Crippen LogP contribution in [0.2, 0.25) is 5.02 Å². The van der Waals surface area contributed by atoms with Gasteiger partial charge in [0.1, 0.15) is 5.75 Å². The van der Waals surface area contributed by atoms with E-state index in [9.17, 15) is 0 Å². The predicted molar refractivity (Wildman–Crippen MR) is 75.8 cm³/mol. The molecular formula is C15H16ClNO2. The third-order valence-electron chi connectivity index (χ3n) is 2.83. The summed E-state index contributed by atoms with van der Waals surface area (Å²) in [6.07, 6.45) is 1.48. The lowest BCUT2D eigenvalue weighted by atomic mass is 10.0. The second kappa shape index (κ2) is 6.04. The number of ether oxygens (including phenoxy) is 1. The van der Waals surface area contributed by atoms with Gasteiger partial charge in [-0.2, -0.15) is 0 Å². The Hall–Kier alpha value is -1.58. The van der Waals surface area contributed by atoms with E-state index in [0.29, 0.717) is 22.4 Å². The van der Waals surface area contributed by atoms with Gasteiger partial charge in [0.2, 0.25) is 5.88 Å². The number of hydrogen-bond donors (Lipinski definition) is 1. The van der Waals surface area contributed by atoms with Gasteiger partial charge in [0.05, 0.1) is 11.6 Å². The molecule has 0 amide bonds. The standard InChI is InChI=1S/C15H16ClNO2/c1-10(2)11-4-3-5-13(6-11)19-15-7-12(9-18)14(16)8-17-15/h3-8,10,18H,9H2,1-2H3. The van der Waals surface area contributed by atoms with E-state index in [1.54, 1.807) is 6.07 Å². The van der Waals surface area contributed by atoms with Crippen molar-refractivity contribution in [3.63, 3.8) is 0 Å². The second-order valence-electron chi connectivity index (χ2n) is 4.60. The number of aliphatic hydroxyl groups excluding tert-OH is 1. The van der Waals surface area contributed by atoms with Crippen LogP contribution in [0, 0.1) is 0 Å². The number of benzene rings is 1. The fourth-order valence-electron chi connectivity index (χ4n) is 1.69. The molecule has 0 atom stereocenters. The topological polar surface area (TPSA) is 42.4 Å². The van der Waals surface area contributed by atoms with Crippen LogP contribution in [0.1, 0.15) is 30.9 Å². The van der Waals surface area contributed by atoms with Crippen LogP contribution in [0.4, 0.5) is 0 Å². The maximum absolute atomic E-state index is 9.16. The predicted octanol–water partition coefficient (Wildman–Crippen LogP) is 4.14. The monoisotopic (exact) mass is 277 g/mol. The van der Waals surface area contributed by atoms with Crippen molar-refractivity contribution >= 4 is 11.6 Å². The minimum Gasteiger partial charge on any atom is -0.439 e. The van der Waals surface area contributed by atoms with E-state index in [-0.39, 0.29) is 6.61 Å². The van der Waals surface area contributed by atoms with Crippen LogP contribution in [-0.4, -0.2) is 10.1 Å². The number of aliphatic hydroxyl groups is 1. The lowest BCUT2D eigenvalue weighted by molar-refractivity contribution is 0.281. The summed E-state index contributed by atoms with van der Waals surface area (Å²) in [6.45, 7) is 4.12. The number of hydrogen-bond acceptors (Lipinski definition) is 3. The first kappa shape index (κ1) is 13.8. The molecule has 1 aromatic carbocycles. The Balaban J connectivity index is 2.23. The first-order chi connectivity index (χ1) is 9.10. The molecule has 0 bridgehead atoms. The zero-order chi connectivity index (χ0) is 13.8. The number of pyridine rings is 1. The van der Waals surface area contributed by atoms with Gasteiger partial charge in [-0.3, -0.25) is 0 Å². The van der Waals surface area contributed by atoms with Gasteiger partial charge in [0, 0.05) is 17.8 Å². The van der Waals surface area contributed by atoms with Crippen LogP contribution in [0.3, 0.4) is 0 Å². The molecule has 0 saturated carbocycles. The minimum atomic E-state index is -0.135. The van der Waals surface area contributed by atoms with Gasteiger partial charge in [0.15, 0.2) is 0 Å². The largest absolute Gasteiger partial charge is 0.439 e. The summed E-state index contributed by atoms with van der Waals surface area (Å²) in [5.74, 6) is 1.59. The molecule has 0 aliphatic heterocycles. The Morgan fingerprint density at radius 1 is 1.32 bits per heavy atom. The number of rotatable bonds is 4. The van der Waals surface area contributed by atoms with Crippen molar-refractivity contribution in [3.05, 3.63) is 52.7 Å². The number of nitrogens with zero attached hydrogens (tertiary/aromatic N) is 1. The van der Waals surface area contributed by atoms with Crippen LogP contribution < -0.4 is 4.74 Å². The van der Waals surface area contributed by atoms with Crippen LogP contribution in [0.25, 0.3) is 0 Å². The van der Waals surface area contributed by atoms with Gasteiger partial charge >= 0.3 is 0 Å². The van der Waals surface area contributed by atoms with Crippen molar-refractivity contribution in [2.45, 2.75) is 26.4 Å². The number of aromatic nitrogens is 1. The Bertz CT molecular complexity index is 570. The fourth-order valence-corrected chi connectivity index (χ4v) is 1.86. The normalized spacial score (nSPS) is 10.8. The Kier molecular flexibility index (Phi) is 4.40. The van der Waals surface area contributed by atoms with Crippen LogP contribution in [-0.2, 0) is 6.61 Å². The van der Waals surface area contributed by atoms with Gasteiger partial charge in [-0.15, -0.1) is 0 Å². The van der Waals surface area contributed by atoms with E-state index in [4.69, 9.17) is 21.4 Å². The maximum atomic E-state index is 9.16. The summed E-state index contributed by atoms with van der Waals surface area (Å²) in [7, 11) is 0. The molecule has 0 spiro atoms. The van der Waals surface area contributed by atoms with Gasteiger partial charge < -0.3 is 9.84 Å². The molecule has 1 aromatic heterocycles. The average molecular weight is 278 g/mol. The SMILES string of the molecule is CC(C)c1cccc(Oc2cc(CO)c(Cl)cn2)c1. The summed E-state index contributed by atoms with van der Waals surface area (Å²) in [4.78, 5) is 4.09. The highest BCUT2D eigenvalue weighted by Crippen LogP contribution is 2.26. The summed E-state index contributed by atoms with van der Waals surface area (Å²) in [5.41, 5.74) is 1.81. The maximum Gasteiger partial charge on any atom is 0.219 e. The van der Waals surface area contributed by atoms with Crippen molar-refractivity contribution in [2.24, 2.45) is 0 Å². The van der Waals surface area contributed by atoms with Crippen LogP contribution in [0.15, 0.2) is 36.5 Å². The molecule has 0 unspecified atom stereocenters. The fraction of sp³-hybridized carbons (Fsp3) is 0.267. The third kappa shape index (κ3) is 3.46.